The smallest absolute Gasteiger partial charge is 0.120 e. The maximum Gasteiger partial charge on any atom is 0.120 e. The van der Waals surface area contributed by atoms with E-state index in [-0.39, 0.29) is 11.8 Å². The molecule has 0 saturated heterocycles. The first kappa shape index (κ1) is 12.5. The molecule has 0 heterocycles. The summed E-state index contributed by atoms with van der Waals surface area (Å²) in [7, 11) is 0. The van der Waals surface area contributed by atoms with Gasteiger partial charge in [0, 0.05) is 16.1 Å². The molecule has 0 bridgehead atoms. The quantitative estimate of drug-likeness (QED) is 0.789. The highest BCUT2D eigenvalue weighted by atomic mass is 79.9. The number of nitrogens with two attached hydrogens (primary N) is 2. The average Bonchev–Trinajstić information content (AvgIpc) is 2.15. The topological polar surface area (TPSA) is 72.3 Å². The van der Waals surface area contributed by atoms with E-state index in [1.54, 1.807) is 6.07 Å². The van der Waals surface area contributed by atoms with E-state index in [0.717, 1.165) is 21.2 Å². The standard InChI is InChI=1S/C11H17BrN2O/c1-6-5-9(15)10(7(2)11(6)12)8(14)3-4-13/h5,8,15H,3-4,13-14H2,1-2H3/t8-/m0/s1. The summed E-state index contributed by atoms with van der Waals surface area (Å²) in [5.41, 5.74) is 14.2. The molecule has 84 valence electrons. The fraction of sp³-hybridized carbons (Fsp3) is 0.455. The molecular weight excluding hydrogens is 256 g/mol. The highest BCUT2D eigenvalue weighted by molar-refractivity contribution is 9.10. The second kappa shape index (κ2) is 4.96. The summed E-state index contributed by atoms with van der Waals surface area (Å²) in [4.78, 5) is 0. The van der Waals surface area contributed by atoms with Gasteiger partial charge in [0.2, 0.25) is 0 Å². The molecule has 15 heavy (non-hydrogen) atoms. The van der Waals surface area contributed by atoms with Gasteiger partial charge in [0.05, 0.1) is 0 Å². The van der Waals surface area contributed by atoms with Crippen molar-refractivity contribution in [2.75, 3.05) is 6.54 Å². The van der Waals surface area contributed by atoms with Gasteiger partial charge in [-0.05, 0) is 44.0 Å². The van der Waals surface area contributed by atoms with E-state index in [0.29, 0.717) is 13.0 Å². The lowest BCUT2D eigenvalue weighted by atomic mass is 9.96. The minimum absolute atomic E-state index is 0.202. The third-order valence-electron chi connectivity index (χ3n) is 2.56. The number of halogens is 1. The van der Waals surface area contributed by atoms with E-state index < -0.39 is 0 Å². The lowest BCUT2D eigenvalue weighted by Crippen LogP contribution is -2.17. The Kier molecular flexibility index (Phi) is 4.13. The Morgan fingerprint density at radius 2 is 2.07 bits per heavy atom. The molecule has 4 heteroatoms. The first-order chi connectivity index (χ1) is 6.99. The molecule has 0 saturated carbocycles. The van der Waals surface area contributed by atoms with Crippen LogP contribution >= 0.6 is 15.9 Å². The molecule has 3 nitrogen and oxygen atoms in total. The Morgan fingerprint density at radius 1 is 1.47 bits per heavy atom. The lowest BCUT2D eigenvalue weighted by molar-refractivity contribution is 0.457. The Hall–Kier alpha value is -0.580. The van der Waals surface area contributed by atoms with Gasteiger partial charge in [0.1, 0.15) is 5.75 Å². The zero-order valence-electron chi connectivity index (χ0n) is 9.05. The Balaban J connectivity index is 3.23. The van der Waals surface area contributed by atoms with Crippen LogP contribution in [-0.2, 0) is 0 Å². The predicted molar refractivity (Wildman–Crippen MR) is 65.9 cm³/mol. The Bertz CT molecular complexity index is 366. The van der Waals surface area contributed by atoms with Crippen LogP contribution in [0.4, 0.5) is 0 Å². The number of aryl methyl sites for hydroxylation is 1. The number of phenolic OH excluding ortho intramolecular Hbond substituents is 1. The van der Waals surface area contributed by atoms with Gasteiger partial charge in [0.15, 0.2) is 0 Å². The lowest BCUT2D eigenvalue weighted by Gasteiger charge is -2.18. The summed E-state index contributed by atoms with van der Waals surface area (Å²) in [6.45, 7) is 4.41. The molecule has 1 rings (SSSR count). The van der Waals surface area contributed by atoms with Crippen LogP contribution in [0.3, 0.4) is 0 Å². The van der Waals surface area contributed by atoms with Gasteiger partial charge in [-0.25, -0.2) is 0 Å². The zero-order valence-corrected chi connectivity index (χ0v) is 10.6. The van der Waals surface area contributed by atoms with Gasteiger partial charge < -0.3 is 16.6 Å². The molecule has 0 amide bonds. The van der Waals surface area contributed by atoms with Gasteiger partial charge in [0.25, 0.3) is 0 Å². The maximum absolute atomic E-state index is 9.85. The molecule has 0 fully saturated rings. The first-order valence-corrected chi connectivity index (χ1v) is 5.72. The van der Waals surface area contributed by atoms with Crippen LogP contribution < -0.4 is 11.5 Å². The average molecular weight is 273 g/mol. The third kappa shape index (κ3) is 2.51. The first-order valence-electron chi connectivity index (χ1n) is 4.93. The fourth-order valence-electron chi connectivity index (χ4n) is 1.74. The normalized spacial score (nSPS) is 12.9. The molecule has 0 aromatic heterocycles. The van der Waals surface area contributed by atoms with Crippen molar-refractivity contribution in [2.24, 2.45) is 11.5 Å². The molecule has 1 aromatic rings. The SMILES string of the molecule is Cc1cc(O)c([C@@H](N)CCN)c(C)c1Br. The van der Waals surface area contributed by atoms with E-state index in [1.165, 1.54) is 0 Å². The van der Waals surface area contributed by atoms with Gasteiger partial charge in [-0.15, -0.1) is 0 Å². The number of benzene rings is 1. The monoisotopic (exact) mass is 272 g/mol. The fourth-order valence-corrected chi connectivity index (χ4v) is 2.07. The van der Waals surface area contributed by atoms with Crippen molar-refractivity contribution in [3.05, 3.63) is 27.2 Å². The Labute approximate surface area is 98.6 Å². The van der Waals surface area contributed by atoms with Crippen molar-refractivity contribution in [2.45, 2.75) is 26.3 Å². The molecule has 0 spiro atoms. The van der Waals surface area contributed by atoms with Crippen LogP contribution in [0.2, 0.25) is 0 Å². The predicted octanol–water partition coefficient (Wildman–Crippen LogP) is 2.12. The van der Waals surface area contributed by atoms with Gasteiger partial charge in [-0.2, -0.15) is 0 Å². The van der Waals surface area contributed by atoms with Crippen molar-refractivity contribution < 1.29 is 5.11 Å². The summed E-state index contributed by atoms with van der Waals surface area (Å²) in [6, 6.07) is 1.52. The van der Waals surface area contributed by atoms with Gasteiger partial charge in [-0.1, -0.05) is 15.9 Å². The summed E-state index contributed by atoms with van der Waals surface area (Å²) < 4.78 is 1.00. The highest BCUT2D eigenvalue weighted by Crippen LogP contribution is 2.35. The molecule has 0 unspecified atom stereocenters. The van der Waals surface area contributed by atoms with Crippen molar-refractivity contribution in [3.63, 3.8) is 0 Å². The molecule has 1 aromatic carbocycles. The maximum atomic E-state index is 9.85. The van der Waals surface area contributed by atoms with Crippen molar-refractivity contribution in [1.82, 2.24) is 0 Å². The van der Waals surface area contributed by atoms with Crippen LogP contribution in [0, 0.1) is 13.8 Å². The second-order valence-electron chi connectivity index (χ2n) is 3.75. The van der Waals surface area contributed by atoms with Crippen LogP contribution in [0.1, 0.15) is 29.2 Å². The second-order valence-corrected chi connectivity index (χ2v) is 4.54. The number of aromatic hydroxyl groups is 1. The van der Waals surface area contributed by atoms with Gasteiger partial charge in [-0.3, -0.25) is 0 Å². The highest BCUT2D eigenvalue weighted by Gasteiger charge is 2.16. The zero-order chi connectivity index (χ0) is 11.6. The van der Waals surface area contributed by atoms with Gasteiger partial charge >= 0.3 is 0 Å². The van der Waals surface area contributed by atoms with E-state index in [4.69, 9.17) is 11.5 Å². The number of hydrogen-bond donors (Lipinski definition) is 3. The largest absolute Gasteiger partial charge is 0.508 e. The minimum atomic E-state index is -0.202. The molecular formula is C11H17BrN2O. The number of hydrogen-bond acceptors (Lipinski definition) is 3. The summed E-state index contributed by atoms with van der Waals surface area (Å²) in [6.07, 6.45) is 0.671. The van der Waals surface area contributed by atoms with Crippen LogP contribution in [0.25, 0.3) is 0 Å². The minimum Gasteiger partial charge on any atom is -0.508 e. The third-order valence-corrected chi connectivity index (χ3v) is 3.78. The molecule has 0 aliphatic heterocycles. The summed E-state index contributed by atoms with van der Waals surface area (Å²) >= 11 is 3.49. The van der Waals surface area contributed by atoms with E-state index >= 15 is 0 Å². The van der Waals surface area contributed by atoms with Crippen LogP contribution in [0.5, 0.6) is 5.75 Å². The van der Waals surface area contributed by atoms with Crippen molar-refractivity contribution in [1.29, 1.82) is 0 Å². The summed E-state index contributed by atoms with van der Waals surface area (Å²) in [5, 5.41) is 9.85. The van der Waals surface area contributed by atoms with E-state index in [2.05, 4.69) is 15.9 Å². The molecule has 1 atom stereocenters. The van der Waals surface area contributed by atoms with E-state index in [9.17, 15) is 5.11 Å². The summed E-state index contributed by atoms with van der Waals surface area (Å²) in [5.74, 6) is 0.258. The number of phenols is 1. The van der Waals surface area contributed by atoms with E-state index in [1.807, 2.05) is 13.8 Å². The number of rotatable bonds is 3. The Morgan fingerprint density at radius 3 is 2.60 bits per heavy atom. The van der Waals surface area contributed by atoms with Crippen molar-refractivity contribution >= 4 is 15.9 Å². The molecule has 0 aliphatic carbocycles. The van der Waals surface area contributed by atoms with Crippen LogP contribution in [0.15, 0.2) is 10.5 Å². The molecule has 5 N–H and O–H groups in total. The van der Waals surface area contributed by atoms with Crippen LogP contribution in [-0.4, -0.2) is 11.7 Å². The van der Waals surface area contributed by atoms with Crippen molar-refractivity contribution in [3.8, 4) is 5.75 Å². The molecule has 0 aliphatic rings. The molecule has 0 radical (unpaired) electrons.